The molecule has 0 atom stereocenters. The van der Waals surface area contributed by atoms with Crippen LogP contribution in [-0.4, -0.2) is 21.1 Å². The van der Waals surface area contributed by atoms with Crippen LogP contribution in [0.3, 0.4) is 0 Å². The van der Waals surface area contributed by atoms with Gasteiger partial charge in [-0.3, -0.25) is 15.5 Å². The maximum absolute atomic E-state index is 11.0. The van der Waals surface area contributed by atoms with E-state index in [0.717, 1.165) is 15.7 Å². The van der Waals surface area contributed by atoms with Crippen LogP contribution in [0.4, 0.5) is 11.5 Å². The van der Waals surface area contributed by atoms with E-state index < -0.39 is 4.92 Å². The van der Waals surface area contributed by atoms with Gasteiger partial charge in [0.1, 0.15) is 0 Å². The quantitative estimate of drug-likeness (QED) is 0.377. The highest BCUT2D eigenvalue weighted by Crippen LogP contribution is 2.21. The number of para-hydroxylation sites is 1. The molecule has 26 heavy (non-hydrogen) atoms. The van der Waals surface area contributed by atoms with Crippen molar-refractivity contribution in [2.45, 2.75) is 6.92 Å². The number of hydrogen-bond acceptors (Lipinski definition) is 6. The van der Waals surface area contributed by atoms with Gasteiger partial charge in [-0.05, 0) is 25.1 Å². The summed E-state index contributed by atoms with van der Waals surface area (Å²) in [6.07, 6.45) is 1.40. The van der Waals surface area contributed by atoms with E-state index in [9.17, 15) is 10.1 Å². The fourth-order valence-corrected chi connectivity index (χ4v) is 2.55. The van der Waals surface area contributed by atoms with E-state index in [1.165, 1.54) is 12.3 Å². The Morgan fingerprint density at radius 1 is 1.15 bits per heavy atom. The van der Waals surface area contributed by atoms with Crippen molar-refractivity contribution in [2.24, 2.45) is 5.10 Å². The number of aryl methyl sites for hydroxylation is 1. The molecule has 0 unspecified atom stereocenters. The van der Waals surface area contributed by atoms with Gasteiger partial charge < -0.3 is 0 Å². The molecule has 8 heteroatoms. The Balaban J connectivity index is 1.83. The highest BCUT2D eigenvalue weighted by atomic mass is 79.9. The van der Waals surface area contributed by atoms with E-state index in [4.69, 9.17) is 0 Å². The summed E-state index contributed by atoms with van der Waals surface area (Å²) in [6.45, 7) is 1.86. The number of nitro benzene ring substituents is 1. The minimum absolute atomic E-state index is 0.00697. The number of aromatic nitrogens is 2. The van der Waals surface area contributed by atoms with Crippen molar-refractivity contribution in [1.82, 2.24) is 9.97 Å². The summed E-state index contributed by atoms with van der Waals surface area (Å²) in [5.74, 6) is 1.08. The first-order chi connectivity index (χ1) is 12.5. The zero-order valence-corrected chi connectivity index (χ0v) is 15.3. The Bertz CT molecular complexity index is 974. The molecule has 130 valence electrons. The first kappa shape index (κ1) is 17.7. The Morgan fingerprint density at radius 2 is 1.88 bits per heavy atom. The molecule has 1 heterocycles. The molecule has 3 aromatic rings. The van der Waals surface area contributed by atoms with Gasteiger partial charge >= 0.3 is 0 Å². The molecule has 0 aliphatic carbocycles. The third kappa shape index (κ3) is 4.28. The van der Waals surface area contributed by atoms with Gasteiger partial charge in [0, 0.05) is 27.9 Å². The highest BCUT2D eigenvalue weighted by Gasteiger charge is 2.10. The van der Waals surface area contributed by atoms with E-state index >= 15 is 0 Å². The van der Waals surface area contributed by atoms with Crippen molar-refractivity contribution in [3.8, 4) is 11.4 Å². The van der Waals surface area contributed by atoms with E-state index in [2.05, 4.69) is 36.4 Å². The van der Waals surface area contributed by atoms with Crippen LogP contribution in [0, 0.1) is 17.0 Å². The van der Waals surface area contributed by atoms with Gasteiger partial charge in [0.05, 0.1) is 16.7 Å². The molecule has 0 aliphatic rings. The number of anilines is 1. The zero-order chi connectivity index (χ0) is 18.5. The zero-order valence-electron chi connectivity index (χ0n) is 13.8. The molecule has 1 N–H and O–H groups in total. The standard InChI is InChI=1S/C18H14BrN5O2/c1-12-10-17(22-18(21-12)13-6-8-15(19)9-7-13)23-20-11-14-4-2-3-5-16(14)24(25)26/h2-11H,1H3,(H,21,22,23)/b20-11+. The van der Waals surface area contributed by atoms with Crippen LogP contribution < -0.4 is 5.43 Å². The van der Waals surface area contributed by atoms with Gasteiger partial charge in [-0.2, -0.15) is 5.10 Å². The lowest BCUT2D eigenvalue weighted by molar-refractivity contribution is -0.385. The predicted octanol–water partition coefficient (Wildman–Crippen LogP) is 4.57. The van der Waals surface area contributed by atoms with Crippen molar-refractivity contribution in [2.75, 3.05) is 5.43 Å². The number of hydrogen-bond donors (Lipinski definition) is 1. The molecule has 3 rings (SSSR count). The first-order valence-corrected chi connectivity index (χ1v) is 8.46. The second-order valence-corrected chi connectivity index (χ2v) is 6.33. The van der Waals surface area contributed by atoms with Crippen LogP contribution in [0.25, 0.3) is 11.4 Å². The van der Waals surface area contributed by atoms with Crippen LogP contribution in [0.15, 0.2) is 64.2 Å². The number of nitrogens with one attached hydrogen (secondary N) is 1. The summed E-state index contributed by atoms with van der Waals surface area (Å²) >= 11 is 3.40. The second kappa shape index (κ2) is 7.83. The molecule has 2 aromatic carbocycles. The van der Waals surface area contributed by atoms with Crippen LogP contribution in [-0.2, 0) is 0 Å². The minimum Gasteiger partial charge on any atom is -0.261 e. The maximum Gasteiger partial charge on any atom is 0.278 e. The van der Waals surface area contributed by atoms with Crippen molar-refractivity contribution >= 4 is 33.6 Å². The third-order valence-corrected chi connectivity index (χ3v) is 4.00. The van der Waals surface area contributed by atoms with E-state index in [0.29, 0.717) is 17.2 Å². The first-order valence-electron chi connectivity index (χ1n) is 7.67. The minimum atomic E-state index is -0.443. The summed E-state index contributed by atoms with van der Waals surface area (Å²) in [7, 11) is 0. The molecular formula is C18H14BrN5O2. The number of hydrazone groups is 1. The second-order valence-electron chi connectivity index (χ2n) is 5.41. The molecule has 0 radical (unpaired) electrons. The summed E-state index contributed by atoms with van der Waals surface area (Å²) in [6, 6.07) is 15.8. The van der Waals surface area contributed by atoms with Crippen LogP contribution in [0.1, 0.15) is 11.3 Å². The fraction of sp³-hybridized carbons (Fsp3) is 0.0556. The summed E-state index contributed by atoms with van der Waals surface area (Å²) in [4.78, 5) is 19.4. The average molecular weight is 412 g/mol. The van der Waals surface area contributed by atoms with Crippen molar-refractivity contribution in [3.05, 3.63) is 80.4 Å². The molecule has 0 fully saturated rings. The molecule has 1 aromatic heterocycles. The molecule has 0 saturated heterocycles. The largest absolute Gasteiger partial charge is 0.278 e. The Hall–Kier alpha value is -3.13. The van der Waals surface area contributed by atoms with Gasteiger partial charge in [0.2, 0.25) is 0 Å². The van der Waals surface area contributed by atoms with Crippen molar-refractivity contribution in [1.29, 1.82) is 0 Å². The van der Waals surface area contributed by atoms with Crippen molar-refractivity contribution < 1.29 is 4.92 Å². The van der Waals surface area contributed by atoms with E-state index in [-0.39, 0.29) is 5.69 Å². The molecule has 0 aliphatic heterocycles. The van der Waals surface area contributed by atoms with E-state index in [1.54, 1.807) is 24.3 Å². The number of nitrogens with zero attached hydrogens (tertiary/aromatic N) is 4. The lowest BCUT2D eigenvalue weighted by Gasteiger charge is -2.06. The molecule has 0 spiro atoms. The van der Waals surface area contributed by atoms with Crippen LogP contribution in [0.2, 0.25) is 0 Å². The van der Waals surface area contributed by atoms with Gasteiger partial charge in [-0.25, -0.2) is 9.97 Å². The summed E-state index contributed by atoms with van der Waals surface area (Å²) in [5.41, 5.74) is 4.86. The number of benzene rings is 2. The Morgan fingerprint density at radius 3 is 2.62 bits per heavy atom. The van der Waals surface area contributed by atoms with Gasteiger partial charge in [-0.1, -0.05) is 40.2 Å². The topological polar surface area (TPSA) is 93.3 Å². The molecular weight excluding hydrogens is 398 g/mol. The Labute approximate surface area is 158 Å². The maximum atomic E-state index is 11.0. The lowest BCUT2D eigenvalue weighted by Crippen LogP contribution is -2.00. The number of nitro groups is 1. The molecule has 0 saturated carbocycles. The Kier molecular flexibility index (Phi) is 5.33. The summed E-state index contributed by atoms with van der Waals surface area (Å²) in [5, 5.41) is 15.1. The number of halogens is 1. The van der Waals surface area contributed by atoms with Crippen molar-refractivity contribution in [3.63, 3.8) is 0 Å². The monoisotopic (exact) mass is 411 g/mol. The smallest absolute Gasteiger partial charge is 0.261 e. The van der Waals surface area contributed by atoms with Gasteiger partial charge in [-0.15, -0.1) is 0 Å². The predicted molar refractivity (Wildman–Crippen MR) is 104 cm³/mol. The number of rotatable bonds is 5. The van der Waals surface area contributed by atoms with Crippen LogP contribution in [0.5, 0.6) is 0 Å². The SMILES string of the molecule is Cc1cc(N/N=C/c2ccccc2[N+](=O)[O-])nc(-c2ccc(Br)cc2)n1. The molecule has 0 bridgehead atoms. The average Bonchev–Trinajstić information content (AvgIpc) is 2.62. The molecule has 7 nitrogen and oxygen atoms in total. The third-order valence-electron chi connectivity index (χ3n) is 3.47. The summed E-state index contributed by atoms with van der Waals surface area (Å²) < 4.78 is 0.973. The van der Waals surface area contributed by atoms with Crippen LogP contribution >= 0.6 is 15.9 Å². The molecule has 0 amide bonds. The van der Waals surface area contributed by atoms with Gasteiger partial charge in [0.15, 0.2) is 11.6 Å². The van der Waals surface area contributed by atoms with Gasteiger partial charge in [0.25, 0.3) is 5.69 Å². The highest BCUT2D eigenvalue weighted by molar-refractivity contribution is 9.10. The normalized spacial score (nSPS) is 10.8. The fourth-order valence-electron chi connectivity index (χ4n) is 2.28. The lowest BCUT2D eigenvalue weighted by atomic mass is 10.2. The van der Waals surface area contributed by atoms with E-state index in [1.807, 2.05) is 31.2 Å².